The van der Waals surface area contributed by atoms with Crippen molar-refractivity contribution < 1.29 is 0 Å². The monoisotopic (exact) mass is 250 g/mol. The minimum atomic E-state index is 0.600. The van der Waals surface area contributed by atoms with Crippen LogP contribution in [0.2, 0.25) is 0 Å². The number of hydrogen-bond donors (Lipinski definition) is 1. The molecule has 17 heavy (non-hydrogen) atoms. The highest BCUT2D eigenvalue weighted by Crippen LogP contribution is 2.19. The standard InChI is InChI=1S/C14H22N2S/c1-5-16(14(17)15-10-11(2)3)13-9-7-6-8-12(13)4/h6-9,11H,5,10H2,1-4H3,(H,15,17). The van der Waals surface area contributed by atoms with Crippen molar-refractivity contribution in [2.75, 3.05) is 18.0 Å². The van der Waals surface area contributed by atoms with Crippen LogP contribution in [-0.2, 0) is 0 Å². The summed E-state index contributed by atoms with van der Waals surface area (Å²) >= 11 is 5.45. The molecule has 3 heteroatoms. The summed E-state index contributed by atoms with van der Waals surface area (Å²) in [6.07, 6.45) is 0. The predicted octanol–water partition coefficient (Wildman–Crippen LogP) is 3.35. The van der Waals surface area contributed by atoms with E-state index in [2.05, 4.69) is 62.2 Å². The van der Waals surface area contributed by atoms with E-state index in [4.69, 9.17) is 12.2 Å². The Morgan fingerprint density at radius 3 is 2.53 bits per heavy atom. The number of nitrogens with zero attached hydrogens (tertiary/aromatic N) is 1. The summed E-state index contributed by atoms with van der Waals surface area (Å²) in [5.41, 5.74) is 2.44. The zero-order chi connectivity index (χ0) is 12.8. The molecule has 0 saturated heterocycles. The molecule has 0 spiro atoms. The second-order valence-corrected chi connectivity index (χ2v) is 5.00. The van der Waals surface area contributed by atoms with E-state index < -0.39 is 0 Å². The van der Waals surface area contributed by atoms with Gasteiger partial charge in [0.1, 0.15) is 0 Å². The van der Waals surface area contributed by atoms with Crippen molar-refractivity contribution in [1.29, 1.82) is 0 Å². The van der Waals surface area contributed by atoms with E-state index in [1.807, 2.05) is 0 Å². The minimum Gasteiger partial charge on any atom is -0.362 e. The molecule has 0 aromatic heterocycles. The molecule has 1 aromatic rings. The van der Waals surface area contributed by atoms with Gasteiger partial charge in [-0.1, -0.05) is 32.0 Å². The summed E-state index contributed by atoms with van der Waals surface area (Å²) in [6, 6.07) is 8.33. The lowest BCUT2D eigenvalue weighted by Crippen LogP contribution is -2.41. The number of anilines is 1. The summed E-state index contributed by atoms with van der Waals surface area (Å²) in [7, 11) is 0. The second kappa shape index (κ2) is 6.60. The van der Waals surface area contributed by atoms with Crippen LogP contribution in [0.3, 0.4) is 0 Å². The van der Waals surface area contributed by atoms with Gasteiger partial charge in [-0.05, 0) is 43.6 Å². The van der Waals surface area contributed by atoms with Gasteiger partial charge in [0.15, 0.2) is 5.11 Å². The van der Waals surface area contributed by atoms with Crippen LogP contribution >= 0.6 is 12.2 Å². The fourth-order valence-corrected chi connectivity index (χ4v) is 1.99. The van der Waals surface area contributed by atoms with Gasteiger partial charge in [0.05, 0.1) is 0 Å². The first-order valence-electron chi connectivity index (χ1n) is 6.17. The smallest absolute Gasteiger partial charge is 0.173 e. The number of hydrogen-bond acceptors (Lipinski definition) is 1. The summed E-state index contributed by atoms with van der Waals surface area (Å²) in [5, 5.41) is 4.13. The maximum Gasteiger partial charge on any atom is 0.173 e. The predicted molar refractivity (Wildman–Crippen MR) is 79.6 cm³/mol. The van der Waals surface area contributed by atoms with Crippen molar-refractivity contribution >= 4 is 23.0 Å². The molecule has 0 saturated carbocycles. The van der Waals surface area contributed by atoms with Crippen LogP contribution in [0.25, 0.3) is 0 Å². The van der Waals surface area contributed by atoms with Crippen molar-refractivity contribution in [3.8, 4) is 0 Å². The lowest BCUT2D eigenvalue weighted by atomic mass is 10.2. The van der Waals surface area contributed by atoms with Gasteiger partial charge in [-0.3, -0.25) is 0 Å². The van der Waals surface area contributed by atoms with Crippen molar-refractivity contribution in [2.24, 2.45) is 5.92 Å². The molecule has 0 bridgehead atoms. The van der Waals surface area contributed by atoms with E-state index in [1.165, 1.54) is 11.3 Å². The first-order chi connectivity index (χ1) is 8.06. The quantitative estimate of drug-likeness (QED) is 0.825. The van der Waals surface area contributed by atoms with Crippen molar-refractivity contribution in [3.05, 3.63) is 29.8 Å². The Bertz CT molecular complexity index is 374. The molecule has 1 rings (SSSR count). The highest BCUT2D eigenvalue weighted by molar-refractivity contribution is 7.80. The molecular formula is C14H22N2S. The highest BCUT2D eigenvalue weighted by Gasteiger charge is 2.11. The Balaban J connectivity index is 2.78. The van der Waals surface area contributed by atoms with Gasteiger partial charge >= 0.3 is 0 Å². The van der Waals surface area contributed by atoms with Crippen molar-refractivity contribution in [1.82, 2.24) is 5.32 Å². The van der Waals surface area contributed by atoms with Gasteiger partial charge in [-0.15, -0.1) is 0 Å². The molecule has 0 unspecified atom stereocenters. The first-order valence-corrected chi connectivity index (χ1v) is 6.58. The molecule has 0 aliphatic carbocycles. The lowest BCUT2D eigenvalue weighted by molar-refractivity contribution is 0.624. The second-order valence-electron chi connectivity index (χ2n) is 4.61. The van der Waals surface area contributed by atoms with Crippen LogP contribution in [-0.4, -0.2) is 18.2 Å². The molecule has 0 radical (unpaired) electrons. The molecule has 1 N–H and O–H groups in total. The topological polar surface area (TPSA) is 15.3 Å². The maximum absolute atomic E-state index is 5.45. The van der Waals surface area contributed by atoms with Crippen LogP contribution in [0.1, 0.15) is 26.3 Å². The Hall–Kier alpha value is -1.09. The zero-order valence-corrected chi connectivity index (χ0v) is 12.0. The average molecular weight is 250 g/mol. The molecular weight excluding hydrogens is 228 g/mol. The van der Waals surface area contributed by atoms with E-state index in [0.29, 0.717) is 5.92 Å². The average Bonchev–Trinajstić information content (AvgIpc) is 2.30. The number of benzene rings is 1. The Kier molecular flexibility index (Phi) is 5.42. The molecule has 94 valence electrons. The fourth-order valence-electron chi connectivity index (χ4n) is 1.68. The zero-order valence-electron chi connectivity index (χ0n) is 11.2. The molecule has 0 fully saturated rings. The van der Waals surface area contributed by atoms with Crippen LogP contribution in [0.15, 0.2) is 24.3 Å². The third-order valence-electron chi connectivity index (χ3n) is 2.63. The summed E-state index contributed by atoms with van der Waals surface area (Å²) in [4.78, 5) is 2.15. The molecule has 0 aliphatic heterocycles. The Morgan fingerprint density at radius 1 is 1.35 bits per heavy atom. The normalized spacial score (nSPS) is 10.4. The van der Waals surface area contributed by atoms with Gasteiger partial charge in [-0.25, -0.2) is 0 Å². The third kappa shape index (κ3) is 4.00. The molecule has 0 atom stereocenters. The van der Waals surface area contributed by atoms with Gasteiger partial charge in [0.25, 0.3) is 0 Å². The van der Waals surface area contributed by atoms with E-state index in [-0.39, 0.29) is 0 Å². The third-order valence-corrected chi connectivity index (χ3v) is 2.99. The fraction of sp³-hybridized carbons (Fsp3) is 0.500. The highest BCUT2D eigenvalue weighted by atomic mass is 32.1. The number of aryl methyl sites for hydroxylation is 1. The lowest BCUT2D eigenvalue weighted by Gasteiger charge is -2.26. The van der Waals surface area contributed by atoms with Gasteiger partial charge in [0.2, 0.25) is 0 Å². The largest absolute Gasteiger partial charge is 0.362 e. The van der Waals surface area contributed by atoms with Crippen LogP contribution in [0.4, 0.5) is 5.69 Å². The van der Waals surface area contributed by atoms with Crippen molar-refractivity contribution in [2.45, 2.75) is 27.7 Å². The maximum atomic E-state index is 5.45. The summed E-state index contributed by atoms with van der Waals surface area (Å²) < 4.78 is 0. The number of para-hydroxylation sites is 1. The molecule has 0 heterocycles. The van der Waals surface area contributed by atoms with E-state index in [9.17, 15) is 0 Å². The first kappa shape index (κ1) is 14.0. The number of nitrogens with one attached hydrogen (secondary N) is 1. The molecule has 0 amide bonds. The van der Waals surface area contributed by atoms with Gasteiger partial charge in [0, 0.05) is 18.8 Å². The van der Waals surface area contributed by atoms with Crippen molar-refractivity contribution in [3.63, 3.8) is 0 Å². The van der Waals surface area contributed by atoms with Crippen LogP contribution < -0.4 is 10.2 Å². The Labute approximate surface area is 110 Å². The van der Waals surface area contributed by atoms with Gasteiger partial charge < -0.3 is 10.2 Å². The summed E-state index contributed by atoms with van der Waals surface area (Å²) in [6.45, 7) is 10.4. The van der Waals surface area contributed by atoms with Crippen LogP contribution in [0, 0.1) is 12.8 Å². The van der Waals surface area contributed by atoms with Gasteiger partial charge in [-0.2, -0.15) is 0 Å². The van der Waals surface area contributed by atoms with E-state index >= 15 is 0 Å². The molecule has 1 aromatic carbocycles. The summed E-state index contributed by atoms with van der Waals surface area (Å²) in [5.74, 6) is 0.600. The molecule has 2 nitrogen and oxygen atoms in total. The molecule has 0 aliphatic rings. The number of thiocarbonyl (C=S) groups is 1. The number of rotatable bonds is 4. The minimum absolute atomic E-state index is 0.600. The van der Waals surface area contributed by atoms with E-state index in [0.717, 1.165) is 18.2 Å². The van der Waals surface area contributed by atoms with Crippen LogP contribution in [0.5, 0.6) is 0 Å². The Morgan fingerprint density at radius 2 is 2.00 bits per heavy atom. The SMILES string of the molecule is CCN(C(=S)NCC(C)C)c1ccccc1C. The van der Waals surface area contributed by atoms with E-state index in [1.54, 1.807) is 0 Å².